The minimum Gasteiger partial charge on any atom is -0.495 e. The molecule has 0 fully saturated rings. The quantitative estimate of drug-likeness (QED) is 0.297. The van der Waals surface area contributed by atoms with Crippen LogP contribution in [0.2, 0.25) is 0 Å². The number of amides is 1. The van der Waals surface area contributed by atoms with Crippen LogP contribution >= 0.6 is 27.3 Å². The second kappa shape index (κ2) is 10.6. The lowest BCUT2D eigenvalue weighted by Gasteiger charge is -2.14. The Labute approximate surface area is 191 Å². The van der Waals surface area contributed by atoms with Crippen LogP contribution in [0.1, 0.15) is 5.56 Å². The number of thiazole rings is 1. The van der Waals surface area contributed by atoms with Gasteiger partial charge in [0.15, 0.2) is 18.1 Å². The third-order valence-electron chi connectivity index (χ3n) is 3.88. The molecule has 31 heavy (non-hydrogen) atoms. The number of nitrogens with two attached hydrogens (primary N) is 1. The number of anilines is 3. The number of ether oxygens (including phenoxy) is 3. The van der Waals surface area contributed by atoms with E-state index in [-0.39, 0.29) is 12.5 Å². The van der Waals surface area contributed by atoms with E-state index in [1.54, 1.807) is 41.9 Å². The summed E-state index contributed by atoms with van der Waals surface area (Å²) in [6.45, 7) is -0.215. The lowest BCUT2D eigenvalue weighted by Crippen LogP contribution is -2.20. The van der Waals surface area contributed by atoms with Crippen molar-refractivity contribution in [3.8, 4) is 17.2 Å². The van der Waals surface area contributed by atoms with Crippen LogP contribution in [0.5, 0.6) is 17.2 Å². The van der Waals surface area contributed by atoms with Crippen molar-refractivity contribution in [1.82, 2.24) is 4.98 Å². The van der Waals surface area contributed by atoms with Gasteiger partial charge < -0.3 is 25.3 Å². The third-order valence-corrected chi connectivity index (χ3v) is 5.23. The molecule has 1 aromatic heterocycles. The number of halogens is 1. The number of hydrazone groups is 1. The molecule has 0 aliphatic carbocycles. The van der Waals surface area contributed by atoms with Gasteiger partial charge in [0, 0.05) is 5.38 Å². The van der Waals surface area contributed by atoms with E-state index in [1.807, 2.05) is 6.07 Å². The molecular formula is C20H20BrN5O4S. The first-order valence-corrected chi connectivity index (χ1v) is 10.6. The Bertz CT molecular complexity index is 1090. The Hall–Kier alpha value is -3.31. The highest BCUT2D eigenvalue weighted by atomic mass is 79.9. The molecule has 11 heteroatoms. The predicted octanol–water partition coefficient (Wildman–Crippen LogP) is 3.97. The number of hydrogen-bond donors (Lipinski definition) is 3. The van der Waals surface area contributed by atoms with Gasteiger partial charge in [-0.3, -0.25) is 10.2 Å². The Morgan fingerprint density at radius 3 is 2.74 bits per heavy atom. The van der Waals surface area contributed by atoms with Crippen LogP contribution in [0.3, 0.4) is 0 Å². The molecule has 0 bridgehead atoms. The molecule has 1 heterocycles. The molecule has 0 radical (unpaired) electrons. The Morgan fingerprint density at radius 2 is 2.03 bits per heavy atom. The average molecular weight is 506 g/mol. The summed E-state index contributed by atoms with van der Waals surface area (Å²) in [5.41, 5.74) is 9.69. The maximum Gasteiger partial charge on any atom is 0.262 e. The number of para-hydroxylation sites is 2. The summed E-state index contributed by atoms with van der Waals surface area (Å²) in [7, 11) is 3.05. The molecule has 0 saturated heterocycles. The van der Waals surface area contributed by atoms with Crippen LogP contribution in [-0.4, -0.2) is 37.9 Å². The second-order valence-electron chi connectivity index (χ2n) is 6.02. The van der Waals surface area contributed by atoms with Crippen molar-refractivity contribution in [2.75, 3.05) is 37.3 Å². The number of methoxy groups -OCH3 is 2. The van der Waals surface area contributed by atoms with E-state index < -0.39 is 0 Å². The first-order valence-electron chi connectivity index (χ1n) is 8.93. The predicted molar refractivity (Wildman–Crippen MR) is 126 cm³/mol. The zero-order valence-corrected chi connectivity index (χ0v) is 19.1. The van der Waals surface area contributed by atoms with Gasteiger partial charge in [0.05, 0.1) is 30.6 Å². The van der Waals surface area contributed by atoms with Gasteiger partial charge >= 0.3 is 0 Å². The van der Waals surface area contributed by atoms with Gasteiger partial charge in [0.2, 0.25) is 5.13 Å². The van der Waals surface area contributed by atoms with E-state index in [0.29, 0.717) is 38.4 Å². The summed E-state index contributed by atoms with van der Waals surface area (Å²) in [6, 6.07) is 10.7. The van der Waals surface area contributed by atoms with E-state index in [9.17, 15) is 4.79 Å². The van der Waals surface area contributed by atoms with Crippen molar-refractivity contribution < 1.29 is 19.0 Å². The number of nitrogens with zero attached hydrogens (tertiary/aromatic N) is 2. The first kappa shape index (κ1) is 22.4. The first-order chi connectivity index (χ1) is 15.0. The number of aromatic nitrogens is 1. The molecule has 0 saturated carbocycles. The van der Waals surface area contributed by atoms with Gasteiger partial charge in [-0.25, -0.2) is 4.98 Å². The van der Waals surface area contributed by atoms with Gasteiger partial charge in [-0.2, -0.15) is 5.10 Å². The SMILES string of the molecule is COc1ccccc1NC(=O)COc1c(Br)cc(C=NNc2nc(N)cs2)cc1OC. The van der Waals surface area contributed by atoms with Gasteiger partial charge in [-0.15, -0.1) is 11.3 Å². The van der Waals surface area contributed by atoms with E-state index in [0.717, 1.165) is 5.56 Å². The fourth-order valence-corrected chi connectivity index (χ4v) is 3.65. The lowest BCUT2D eigenvalue weighted by molar-refractivity contribution is -0.118. The molecule has 1 amide bonds. The van der Waals surface area contributed by atoms with Gasteiger partial charge in [-0.1, -0.05) is 12.1 Å². The molecular weight excluding hydrogens is 486 g/mol. The van der Waals surface area contributed by atoms with Gasteiger partial charge in [0.1, 0.15) is 11.6 Å². The fourth-order valence-electron chi connectivity index (χ4n) is 2.53. The maximum atomic E-state index is 12.3. The monoisotopic (exact) mass is 505 g/mol. The van der Waals surface area contributed by atoms with Crippen molar-refractivity contribution in [1.29, 1.82) is 0 Å². The zero-order valence-electron chi connectivity index (χ0n) is 16.7. The standard InChI is InChI=1S/C20H20BrN5O4S/c1-28-15-6-4-3-5-14(15)24-18(27)10-30-19-13(21)7-12(8-16(19)29-2)9-23-26-20-25-17(22)11-31-20/h3-9,11H,10,22H2,1-2H3,(H,24,27)(H,25,26). The minimum absolute atomic E-state index is 0.215. The topological polar surface area (TPSA) is 120 Å². The summed E-state index contributed by atoms with van der Waals surface area (Å²) in [5.74, 6) is 1.50. The highest BCUT2D eigenvalue weighted by Crippen LogP contribution is 2.36. The lowest BCUT2D eigenvalue weighted by atomic mass is 10.2. The van der Waals surface area contributed by atoms with Crippen molar-refractivity contribution >= 4 is 56.0 Å². The van der Waals surface area contributed by atoms with Crippen LogP contribution in [0.25, 0.3) is 0 Å². The molecule has 0 aliphatic heterocycles. The normalized spacial score (nSPS) is 10.7. The average Bonchev–Trinajstić information content (AvgIpc) is 3.18. The summed E-state index contributed by atoms with van der Waals surface area (Å²) >= 11 is 4.80. The largest absolute Gasteiger partial charge is 0.495 e. The fraction of sp³-hybridized carbons (Fsp3) is 0.150. The molecule has 0 atom stereocenters. The molecule has 0 spiro atoms. The highest BCUT2D eigenvalue weighted by Gasteiger charge is 2.14. The maximum absolute atomic E-state index is 12.3. The third kappa shape index (κ3) is 6.09. The highest BCUT2D eigenvalue weighted by molar-refractivity contribution is 9.10. The molecule has 2 aromatic carbocycles. The Balaban J connectivity index is 1.65. The van der Waals surface area contributed by atoms with Crippen molar-refractivity contribution in [3.63, 3.8) is 0 Å². The number of benzene rings is 2. The number of carbonyl (C=O) groups excluding carboxylic acids is 1. The van der Waals surface area contributed by atoms with Gasteiger partial charge in [-0.05, 0) is 45.8 Å². The van der Waals surface area contributed by atoms with E-state index in [2.05, 4.69) is 36.8 Å². The molecule has 9 nitrogen and oxygen atoms in total. The molecule has 3 aromatic rings. The summed E-state index contributed by atoms with van der Waals surface area (Å²) in [6.07, 6.45) is 1.60. The van der Waals surface area contributed by atoms with Crippen molar-refractivity contribution in [3.05, 3.63) is 51.8 Å². The smallest absolute Gasteiger partial charge is 0.262 e. The van der Waals surface area contributed by atoms with Crippen LogP contribution in [0.15, 0.2) is 51.4 Å². The number of carbonyl (C=O) groups is 1. The summed E-state index contributed by atoms with van der Waals surface area (Å²) in [4.78, 5) is 16.4. The molecule has 4 N–H and O–H groups in total. The second-order valence-corrected chi connectivity index (χ2v) is 7.73. The number of nitrogens with one attached hydrogen (secondary N) is 2. The van der Waals surface area contributed by atoms with Gasteiger partial charge in [0.25, 0.3) is 5.91 Å². The van der Waals surface area contributed by atoms with Crippen LogP contribution < -0.4 is 30.7 Å². The zero-order chi connectivity index (χ0) is 22.2. The number of nitrogen functional groups attached to an aromatic ring is 1. The Kier molecular flexibility index (Phi) is 7.68. The summed E-state index contributed by atoms with van der Waals surface area (Å²) in [5, 5.41) is 9.19. The number of hydrogen-bond acceptors (Lipinski definition) is 9. The molecule has 3 rings (SSSR count). The van der Waals surface area contributed by atoms with Crippen LogP contribution in [0, 0.1) is 0 Å². The van der Waals surface area contributed by atoms with Crippen molar-refractivity contribution in [2.24, 2.45) is 5.10 Å². The van der Waals surface area contributed by atoms with E-state index in [1.165, 1.54) is 25.6 Å². The number of rotatable bonds is 9. The summed E-state index contributed by atoms with van der Waals surface area (Å²) < 4.78 is 16.9. The molecule has 0 aliphatic rings. The van der Waals surface area contributed by atoms with Crippen LogP contribution in [-0.2, 0) is 4.79 Å². The molecule has 0 unspecified atom stereocenters. The van der Waals surface area contributed by atoms with Crippen LogP contribution in [0.4, 0.5) is 16.6 Å². The Morgan fingerprint density at radius 1 is 1.26 bits per heavy atom. The minimum atomic E-state index is -0.337. The van der Waals surface area contributed by atoms with E-state index in [4.69, 9.17) is 19.9 Å². The van der Waals surface area contributed by atoms with E-state index >= 15 is 0 Å². The molecule has 162 valence electrons. The van der Waals surface area contributed by atoms with Crippen molar-refractivity contribution in [2.45, 2.75) is 0 Å².